The number of hydrogen-bond acceptors (Lipinski definition) is 2. The van der Waals surface area contributed by atoms with Crippen molar-refractivity contribution in [2.75, 3.05) is 5.01 Å². The molecule has 1 heterocycles. The van der Waals surface area contributed by atoms with Crippen molar-refractivity contribution in [3.8, 4) is 0 Å². The second-order valence-corrected chi connectivity index (χ2v) is 3.64. The van der Waals surface area contributed by atoms with E-state index >= 15 is 0 Å². The standard InChI is InChI=1S/C10H5F5N2O/c1-3-2-4(18)17(16-3)10-8(14)6(12)5(11)7(13)9(10)15/h2H2,1H3. The molecule has 18 heavy (non-hydrogen) atoms. The lowest BCUT2D eigenvalue weighted by molar-refractivity contribution is -0.117. The first-order valence-electron chi connectivity index (χ1n) is 4.73. The van der Waals surface area contributed by atoms with Gasteiger partial charge in [-0.15, -0.1) is 0 Å². The highest BCUT2D eigenvalue weighted by Crippen LogP contribution is 2.32. The molecular weight excluding hydrogens is 259 g/mol. The molecule has 3 nitrogen and oxygen atoms in total. The van der Waals surface area contributed by atoms with E-state index in [1.54, 1.807) is 0 Å². The summed E-state index contributed by atoms with van der Waals surface area (Å²) >= 11 is 0. The minimum Gasteiger partial charge on any atom is -0.272 e. The Morgan fingerprint density at radius 3 is 1.78 bits per heavy atom. The zero-order chi connectivity index (χ0) is 13.6. The van der Waals surface area contributed by atoms with Gasteiger partial charge in [0.15, 0.2) is 23.3 Å². The van der Waals surface area contributed by atoms with Crippen molar-refractivity contribution in [3.05, 3.63) is 29.1 Å². The lowest BCUT2D eigenvalue weighted by atomic mass is 10.2. The summed E-state index contributed by atoms with van der Waals surface area (Å²) in [5.41, 5.74) is -1.14. The Morgan fingerprint density at radius 1 is 0.944 bits per heavy atom. The number of benzene rings is 1. The molecule has 2 rings (SSSR count). The summed E-state index contributed by atoms with van der Waals surface area (Å²) in [4.78, 5) is 11.3. The summed E-state index contributed by atoms with van der Waals surface area (Å²) in [6.45, 7) is 1.39. The van der Waals surface area contributed by atoms with Crippen molar-refractivity contribution < 1.29 is 26.7 Å². The van der Waals surface area contributed by atoms with Crippen LogP contribution in [0.15, 0.2) is 5.10 Å². The fourth-order valence-corrected chi connectivity index (χ4v) is 1.51. The topological polar surface area (TPSA) is 32.7 Å². The molecular formula is C10H5F5N2O. The van der Waals surface area contributed by atoms with Crippen LogP contribution in [-0.4, -0.2) is 11.6 Å². The minimum absolute atomic E-state index is 0.186. The molecule has 0 saturated carbocycles. The SMILES string of the molecule is CC1=NN(c2c(F)c(F)c(F)c(F)c2F)C(=O)C1. The summed E-state index contributed by atoms with van der Waals surface area (Å²) in [5.74, 6) is -11.5. The van der Waals surface area contributed by atoms with Gasteiger partial charge in [-0.1, -0.05) is 0 Å². The van der Waals surface area contributed by atoms with E-state index in [9.17, 15) is 26.7 Å². The molecule has 96 valence electrons. The quantitative estimate of drug-likeness (QED) is 0.435. The van der Waals surface area contributed by atoms with Crippen molar-refractivity contribution in [1.82, 2.24) is 0 Å². The van der Waals surface area contributed by atoms with Crippen LogP contribution in [-0.2, 0) is 4.79 Å². The van der Waals surface area contributed by atoms with Gasteiger partial charge in [-0.25, -0.2) is 22.0 Å². The maximum Gasteiger partial charge on any atom is 0.253 e. The first kappa shape index (κ1) is 12.5. The molecule has 1 amide bonds. The molecule has 0 N–H and O–H groups in total. The number of carbonyl (C=O) groups excluding carboxylic acids is 1. The van der Waals surface area contributed by atoms with Gasteiger partial charge in [0.2, 0.25) is 5.82 Å². The van der Waals surface area contributed by atoms with Gasteiger partial charge >= 0.3 is 0 Å². The van der Waals surface area contributed by atoms with Gasteiger partial charge in [0.1, 0.15) is 5.69 Å². The summed E-state index contributed by atoms with van der Waals surface area (Å²) in [6.07, 6.45) is -0.237. The number of hydrazone groups is 1. The number of hydrogen-bond donors (Lipinski definition) is 0. The van der Waals surface area contributed by atoms with Crippen molar-refractivity contribution in [2.45, 2.75) is 13.3 Å². The predicted octanol–water partition coefficient (Wildman–Crippen LogP) is 2.49. The smallest absolute Gasteiger partial charge is 0.253 e. The summed E-state index contributed by atoms with van der Waals surface area (Å²) in [6, 6.07) is 0. The van der Waals surface area contributed by atoms with Crippen molar-refractivity contribution in [3.63, 3.8) is 0 Å². The van der Waals surface area contributed by atoms with Gasteiger partial charge in [0.05, 0.1) is 6.42 Å². The maximum atomic E-state index is 13.4. The van der Waals surface area contributed by atoms with E-state index in [0.29, 0.717) is 0 Å². The van der Waals surface area contributed by atoms with E-state index in [4.69, 9.17) is 0 Å². The summed E-state index contributed by atoms with van der Waals surface area (Å²) in [7, 11) is 0. The third-order valence-corrected chi connectivity index (χ3v) is 2.31. The first-order valence-corrected chi connectivity index (χ1v) is 4.73. The van der Waals surface area contributed by atoms with Gasteiger partial charge in [-0.3, -0.25) is 4.79 Å². The second kappa shape index (κ2) is 4.04. The second-order valence-electron chi connectivity index (χ2n) is 3.64. The summed E-state index contributed by atoms with van der Waals surface area (Å²) in [5, 5.41) is 3.62. The molecule has 1 aliphatic rings. The molecule has 0 aliphatic carbocycles. The Morgan fingerprint density at radius 2 is 1.39 bits per heavy atom. The molecule has 0 fully saturated rings. The van der Waals surface area contributed by atoms with Crippen LogP contribution in [0.25, 0.3) is 0 Å². The molecule has 0 bridgehead atoms. The highest BCUT2D eigenvalue weighted by Gasteiger charge is 2.34. The zero-order valence-electron chi connectivity index (χ0n) is 8.90. The average molecular weight is 264 g/mol. The van der Waals surface area contributed by atoms with Crippen LogP contribution in [0.5, 0.6) is 0 Å². The third-order valence-electron chi connectivity index (χ3n) is 2.31. The van der Waals surface area contributed by atoms with Crippen LogP contribution >= 0.6 is 0 Å². The van der Waals surface area contributed by atoms with Gasteiger partial charge in [-0.05, 0) is 6.92 Å². The Hall–Kier alpha value is -1.99. The number of anilines is 1. The van der Waals surface area contributed by atoms with Gasteiger partial charge in [0, 0.05) is 5.71 Å². The molecule has 0 spiro atoms. The van der Waals surface area contributed by atoms with Crippen molar-refractivity contribution >= 4 is 17.3 Å². The number of rotatable bonds is 1. The molecule has 1 aliphatic heterocycles. The van der Waals surface area contributed by atoms with E-state index in [2.05, 4.69) is 5.10 Å². The molecule has 0 unspecified atom stereocenters. The molecule has 0 radical (unpaired) electrons. The van der Waals surface area contributed by atoms with Crippen LogP contribution in [0.3, 0.4) is 0 Å². The van der Waals surface area contributed by atoms with Crippen LogP contribution in [0.2, 0.25) is 0 Å². The Bertz CT molecular complexity index is 555. The lowest BCUT2D eigenvalue weighted by Gasteiger charge is -2.14. The molecule has 8 heteroatoms. The molecule has 0 aromatic heterocycles. The van der Waals surface area contributed by atoms with Gasteiger partial charge in [-0.2, -0.15) is 10.1 Å². The highest BCUT2D eigenvalue weighted by atomic mass is 19.2. The fraction of sp³-hybridized carbons (Fsp3) is 0.200. The normalized spacial score (nSPS) is 15.3. The zero-order valence-corrected chi connectivity index (χ0v) is 8.90. The molecule has 0 saturated heterocycles. The van der Waals surface area contributed by atoms with Crippen LogP contribution in [0, 0.1) is 29.1 Å². The number of nitrogens with zero attached hydrogens (tertiary/aromatic N) is 2. The number of carbonyl (C=O) groups is 1. The molecule has 0 atom stereocenters. The van der Waals surface area contributed by atoms with E-state index in [0.717, 1.165) is 0 Å². The molecule has 1 aromatic carbocycles. The first-order chi connectivity index (χ1) is 8.34. The minimum atomic E-state index is -2.28. The third kappa shape index (κ3) is 1.64. The van der Waals surface area contributed by atoms with Crippen molar-refractivity contribution in [2.24, 2.45) is 5.10 Å². The Kier molecular flexibility index (Phi) is 2.80. The van der Waals surface area contributed by atoms with Crippen LogP contribution in [0.4, 0.5) is 27.6 Å². The Labute approximate surface area is 97.5 Å². The summed E-state index contributed by atoms with van der Waals surface area (Å²) < 4.78 is 65.4. The van der Waals surface area contributed by atoms with Gasteiger partial charge < -0.3 is 0 Å². The van der Waals surface area contributed by atoms with Crippen molar-refractivity contribution in [1.29, 1.82) is 0 Å². The van der Waals surface area contributed by atoms with Crippen LogP contribution < -0.4 is 5.01 Å². The average Bonchev–Trinajstić information content (AvgIpc) is 2.64. The number of halogens is 5. The monoisotopic (exact) mass is 264 g/mol. The van der Waals surface area contributed by atoms with E-state index in [-0.39, 0.29) is 17.1 Å². The number of amides is 1. The fourth-order valence-electron chi connectivity index (χ4n) is 1.51. The van der Waals surface area contributed by atoms with Gasteiger partial charge in [0.25, 0.3) is 5.91 Å². The van der Waals surface area contributed by atoms with E-state index < -0.39 is 40.7 Å². The predicted molar refractivity (Wildman–Crippen MR) is 51.4 cm³/mol. The van der Waals surface area contributed by atoms with Crippen LogP contribution in [0.1, 0.15) is 13.3 Å². The van der Waals surface area contributed by atoms with E-state index in [1.807, 2.05) is 0 Å². The highest BCUT2D eigenvalue weighted by molar-refractivity contribution is 6.12. The Balaban J connectivity index is 2.69. The lowest BCUT2D eigenvalue weighted by Crippen LogP contribution is -2.23. The molecule has 1 aromatic rings. The van der Waals surface area contributed by atoms with E-state index in [1.165, 1.54) is 6.92 Å². The maximum absolute atomic E-state index is 13.4. The largest absolute Gasteiger partial charge is 0.272 e.